The number of halogens is 4. The van der Waals surface area contributed by atoms with Crippen LogP contribution in [0.4, 0.5) is 18.9 Å². The second-order valence-corrected chi connectivity index (χ2v) is 10.8. The number of rotatable bonds is 10. The zero-order valence-electron chi connectivity index (χ0n) is 20.4. The minimum Gasteiger partial charge on any atom is -0.493 e. The Hall–Kier alpha value is -3.57. The number of hydrogen-bond donors (Lipinski definition) is 1. The average molecular weight is 568 g/mol. The number of carbonyl (C=O) groups excluding carboxylic acids is 1. The second kappa shape index (κ2) is 12.3. The largest absolute Gasteiger partial charge is 0.493 e. The highest BCUT2D eigenvalue weighted by Crippen LogP contribution is 2.38. The molecule has 0 aliphatic carbocycles. The first-order valence-corrected chi connectivity index (χ1v) is 13.2. The van der Waals surface area contributed by atoms with Crippen LogP contribution < -0.4 is 14.5 Å². The first kappa shape index (κ1) is 29.0. The Morgan fingerprint density at radius 3 is 2.34 bits per heavy atom. The minimum atomic E-state index is -4.84. The number of benzene rings is 3. The van der Waals surface area contributed by atoms with Crippen molar-refractivity contribution in [2.45, 2.75) is 24.9 Å². The van der Waals surface area contributed by atoms with E-state index in [4.69, 9.17) is 16.3 Å². The summed E-state index contributed by atoms with van der Waals surface area (Å²) in [5.74, 6) is 0.161. The third-order valence-electron chi connectivity index (χ3n) is 5.03. The van der Waals surface area contributed by atoms with Gasteiger partial charge in [-0.3, -0.25) is 9.10 Å². The van der Waals surface area contributed by atoms with Gasteiger partial charge in [-0.05, 0) is 66.1 Å². The normalized spacial score (nSPS) is 12.1. The fraction of sp³-hybridized carbons (Fsp3) is 0.231. The van der Waals surface area contributed by atoms with Crippen molar-refractivity contribution in [3.8, 4) is 5.75 Å². The molecular formula is C26H25ClF3N3O4S. The van der Waals surface area contributed by atoms with Crippen molar-refractivity contribution in [3.63, 3.8) is 0 Å². The summed E-state index contributed by atoms with van der Waals surface area (Å²) in [6.45, 7) is 3.77. The van der Waals surface area contributed by atoms with Crippen LogP contribution in [-0.2, 0) is 21.0 Å². The highest BCUT2D eigenvalue weighted by molar-refractivity contribution is 7.92. The van der Waals surface area contributed by atoms with Gasteiger partial charge in [0.1, 0.15) is 12.3 Å². The Morgan fingerprint density at radius 2 is 1.74 bits per heavy atom. The Balaban J connectivity index is 1.82. The molecule has 0 bridgehead atoms. The predicted molar refractivity (Wildman–Crippen MR) is 140 cm³/mol. The monoisotopic (exact) mass is 567 g/mol. The number of alkyl halides is 3. The molecule has 3 aromatic carbocycles. The molecule has 0 heterocycles. The maximum atomic E-state index is 13.4. The summed E-state index contributed by atoms with van der Waals surface area (Å²) < 4.78 is 73.1. The molecule has 0 unspecified atom stereocenters. The Morgan fingerprint density at radius 1 is 1.08 bits per heavy atom. The van der Waals surface area contributed by atoms with E-state index in [9.17, 15) is 26.4 Å². The quantitative estimate of drug-likeness (QED) is 0.250. The summed E-state index contributed by atoms with van der Waals surface area (Å²) in [6.07, 6.45) is -3.50. The molecule has 12 heteroatoms. The van der Waals surface area contributed by atoms with E-state index < -0.39 is 39.2 Å². The molecule has 0 atom stereocenters. The minimum absolute atomic E-state index is 0.209. The van der Waals surface area contributed by atoms with Crippen LogP contribution in [-0.4, -0.2) is 33.7 Å². The lowest BCUT2D eigenvalue weighted by Gasteiger charge is -2.24. The number of hydrazone groups is 1. The fourth-order valence-electron chi connectivity index (χ4n) is 3.18. The summed E-state index contributed by atoms with van der Waals surface area (Å²) in [7, 11) is -4.42. The van der Waals surface area contributed by atoms with Gasteiger partial charge < -0.3 is 4.74 Å². The molecule has 7 nitrogen and oxygen atoms in total. The maximum absolute atomic E-state index is 13.4. The molecule has 0 fully saturated rings. The Labute approximate surface area is 223 Å². The number of hydrogen-bond acceptors (Lipinski definition) is 5. The summed E-state index contributed by atoms with van der Waals surface area (Å²) in [6, 6.07) is 16.5. The number of nitrogens with one attached hydrogen (secondary N) is 1. The lowest BCUT2D eigenvalue weighted by molar-refractivity contribution is -0.137. The summed E-state index contributed by atoms with van der Waals surface area (Å²) >= 11 is 5.70. The van der Waals surface area contributed by atoms with Crippen molar-refractivity contribution in [1.29, 1.82) is 0 Å². The van der Waals surface area contributed by atoms with Crippen molar-refractivity contribution < 1.29 is 31.1 Å². The van der Waals surface area contributed by atoms with Gasteiger partial charge >= 0.3 is 6.18 Å². The van der Waals surface area contributed by atoms with Crippen LogP contribution in [0.2, 0.25) is 5.02 Å². The van der Waals surface area contributed by atoms with E-state index >= 15 is 0 Å². The van der Waals surface area contributed by atoms with Crippen LogP contribution >= 0.6 is 11.6 Å². The highest BCUT2D eigenvalue weighted by Gasteiger charge is 2.35. The average Bonchev–Trinajstić information content (AvgIpc) is 2.87. The van der Waals surface area contributed by atoms with Gasteiger partial charge in [-0.1, -0.05) is 43.6 Å². The van der Waals surface area contributed by atoms with Crippen LogP contribution in [0.25, 0.3) is 0 Å². The molecule has 0 aliphatic rings. The van der Waals surface area contributed by atoms with Crippen LogP contribution in [0.3, 0.4) is 0 Å². The number of sulfonamides is 1. The molecule has 3 aromatic rings. The van der Waals surface area contributed by atoms with Crippen LogP contribution in [0, 0.1) is 5.92 Å². The molecule has 0 radical (unpaired) electrons. The number of nitrogens with zero attached hydrogens (tertiary/aromatic N) is 2. The van der Waals surface area contributed by atoms with Gasteiger partial charge in [0.05, 0.1) is 34.0 Å². The Kier molecular flexibility index (Phi) is 9.40. The second-order valence-electron chi connectivity index (χ2n) is 8.55. The van der Waals surface area contributed by atoms with E-state index in [0.717, 1.165) is 12.1 Å². The predicted octanol–water partition coefficient (Wildman–Crippen LogP) is 5.74. The van der Waals surface area contributed by atoms with E-state index in [1.54, 1.807) is 30.3 Å². The molecule has 0 saturated heterocycles. The van der Waals surface area contributed by atoms with E-state index in [0.29, 0.717) is 34.2 Å². The fourth-order valence-corrected chi connectivity index (χ4v) is 4.84. The summed E-state index contributed by atoms with van der Waals surface area (Å²) in [5, 5.41) is 3.23. The van der Waals surface area contributed by atoms with Gasteiger partial charge in [-0.15, -0.1) is 0 Å². The molecule has 38 heavy (non-hydrogen) atoms. The van der Waals surface area contributed by atoms with E-state index in [1.807, 2.05) is 13.8 Å². The van der Waals surface area contributed by atoms with Crippen LogP contribution in [0.5, 0.6) is 5.75 Å². The standard InChI is InChI=1S/C26H25ClF3N3O4S/c1-18(2)17-37-21-11-8-19(9-12-21)15-31-32-25(34)16-33(38(35,36)22-6-4-3-5-7-22)20-10-13-24(27)23(14-20)26(28,29)30/h3-15,18H,16-17H2,1-2H3,(H,32,34)/b31-15-. The van der Waals surface area contributed by atoms with E-state index in [2.05, 4.69) is 10.5 Å². The summed E-state index contributed by atoms with van der Waals surface area (Å²) in [5.41, 5.74) is 1.22. The molecule has 202 valence electrons. The van der Waals surface area contributed by atoms with Crippen molar-refractivity contribution in [1.82, 2.24) is 5.43 Å². The van der Waals surface area contributed by atoms with Gasteiger partial charge in [-0.25, -0.2) is 13.8 Å². The maximum Gasteiger partial charge on any atom is 0.417 e. The topological polar surface area (TPSA) is 88.1 Å². The van der Waals surface area contributed by atoms with Gasteiger partial charge in [-0.2, -0.15) is 18.3 Å². The van der Waals surface area contributed by atoms with Crippen LogP contribution in [0.15, 0.2) is 82.8 Å². The smallest absolute Gasteiger partial charge is 0.417 e. The molecule has 3 rings (SSSR count). The van der Waals surface area contributed by atoms with Gasteiger partial charge in [0, 0.05) is 0 Å². The van der Waals surface area contributed by atoms with Crippen molar-refractivity contribution in [2.24, 2.45) is 11.0 Å². The number of anilines is 1. The first-order chi connectivity index (χ1) is 17.9. The SMILES string of the molecule is CC(C)COc1ccc(/C=N\NC(=O)CN(c2ccc(Cl)c(C(F)(F)F)c2)S(=O)(=O)c2ccccc2)cc1. The third kappa shape index (κ3) is 7.72. The number of amides is 1. The summed E-state index contributed by atoms with van der Waals surface area (Å²) in [4.78, 5) is 12.4. The molecule has 0 saturated carbocycles. The highest BCUT2D eigenvalue weighted by atomic mass is 35.5. The zero-order chi connectivity index (χ0) is 27.9. The lowest BCUT2D eigenvalue weighted by atomic mass is 10.2. The molecule has 1 N–H and O–H groups in total. The molecule has 1 amide bonds. The van der Waals surface area contributed by atoms with Gasteiger partial charge in [0.15, 0.2) is 0 Å². The first-order valence-electron chi connectivity index (χ1n) is 11.4. The number of carbonyl (C=O) groups is 1. The van der Waals surface area contributed by atoms with Crippen molar-refractivity contribution in [3.05, 3.63) is 88.9 Å². The lowest BCUT2D eigenvalue weighted by Crippen LogP contribution is -2.39. The zero-order valence-corrected chi connectivity index (χ0v) is 22.0. The van der Waals surface area contributed by atoms with E-state index in [-0.39, 0.29) is 10.6 Å². The molecule has 0 spiro atoms. The molecular weight excluding hydrogens is 543 g/mol. The Bertz CT molecular complexity index is 1380. The number of ether oxygens (including phenoxy) is 1. The molecule has 0 aromatic heterocycles. The van der Waals surface area contributed by atoms with Crippen molar-refractivity contribution in [2.75, 3.05) is 17.5 Å². The van der Waals surface area contributed by atoms with Gasteiger partial charge in [0.2, 0.25) is 0 Å². The van der Waals surface area contributed by atoms with E-state index in [1.165, 1.54) is 30.5 Å². The molecule has 0 aliphatic heterocycles. The van der Waals surface area contributed by atoms with Crippen molar-refractivity contribution >= 4 is 39.4 Å². The van der Waals surface area contributed by atoms with Crippen LogP contribution in [0.1, 0.15) is 25.0 Å². The van der Waals surface area contributed by atoms with Gasteiger partial charge in [0.25, 0.3) is 15.9 Å². The third-order valence-corrected chi connectivity index (χ3v) is 7.15.